The van der Waals surface area contributed by atoms with Gasteiger partial charge >= 0.3 is 0 Å². The number of hydrogen-bond donors (Lipinski definition) is 1. The molecule has 1 aliphatic rings. The Labute approximate surface area is 95.9 Å². The lowest BCUT2D eigenvalue weighted by atomic mass is 10.00. The third-order valence-electron chi connectivity index (χ3n) is 2.63. The molecule has 4 heteroatoms. The van der Waals surface area contributed by atoms with Gasteiger partial charge in [0, 0.05) is 11.4 Å². The molecule has 0 aromatic heterocycles. The van der Waals surface area contributed by atoms with Crippen molar-refractivity contribution >= 4 is 15.4 Å². The van der Waals surface area contributed by atoms with E-state index in [9.17, 15) is 8.42 Å². The Kier molecular flexibility index (Phi) is 2.64. The fraction of sp³-hybridized carbons (Fsp3) is 0.333. The van der Waals surface area contributed by atoms with Crippen LogP contribution in [0.1, 0.15) is 24.5 Å². The van der Waals surface area contributed by atoms with Crippen molar-refractivity contribution < 1.29 is 8.42 Å². The monoisotopic (exact) mass is 237 g/mol. The molecular weight excluding hydrogens is 222 g/mol. The molecule has 1 aromatic rings. The van der Waals surface area contributed by atoms with Crippen LogP contribution < -0.4 is 5.73 Å². The van der Waals surface area contributed by atoms with Crippen molar-refractivity contribution in [3.8, 4) is 0 Å². The van der Waals surface area contributed by atoms with Crippen LogP contribution >= 0.6 is 0 Å². The number of sulfone groups is 1. The molecule has 1 unspecified atom stereocenters. The smallest absolute Gasteiger partial charge is 0.200 e. The standard InChI is InChI=1S/C12H15NO2S/c1-8-3-4-12-11(5-8)10(6-9(2)13)7-16(12,14)15/h3-5,7,9H,6,13H2,1-2H3. The van der Waals surface area contributed by atoms with Crippen LogP contribution in [-0.4, -0.2) is 14.5 Å². The normalized spacial score (nSPS) is 19.1. The third-order valence-corrected chi connectivity index (χ3v) is 4.19. The first-order valence-corrected chi connectivity index (χ1v) is 6.77. The van der Waals surface area contributed by atoms with Gasteiger partial charge in [-0.05, 0) is 37.5 Å². The fourth-order valence-corrected chi connectivity index (χ4v) is 3.44. The van der Waals surface area contributed by atoms with Gasteiger partial charge in [-0.1, -0.05) is 17.7 Å². The van der Waals surface area contributed by atoms with E-state index < -0.39 is 9.84 Å². The summed E-state index contributed by atoms with van der Waals surface area (Å²) in [7, 11) is -3.23. The zero-order chi connectivity index (χ0) is 11.9. The van der Waals surface area contributed by atoms with Crippen molar-refractivity contribution in [3.05, 3.63) is 34.7 Å². The van der Waals surface area contributed by atoms with Crippen molar-refractivity contribution in [3.63, 3.8) is 0 Å². The zero-order valence-corrected chi connectivity index (χ0v) is 10.2. The van der Waals surface area contributed by atoms with E-state index in [0.29, 0.717) is 11.3 Å². The Balaban J connectivity index is 2.57. The molecule has 2 N–H and O–H groups in total. The quantitative estimate of drug-likeness (QED) is 0.854. The van der Waals surface area contributed by atoms with Crippen LogP contribution in [0.5, 0.6) is 0 Å². The molecule has 0 radical (unpaired) electrons. The molecule has 2 rings (SSSR count). The first kappa shape index (κ1) is 11.4. The highest BCUT2D eigenvalue weighted by atomic mass is 32.2. The van der Waals surface area contributed by atoms with Crippen molar-refractivity contribution in [2.24, 2.45) is 5.73 Å². The second-order valence-electron chi connectivity index (χ2n) is 4.37. The second kappa shape index (κ2) is 3.71. The van der Waals surface area contributed by atoms with Crippen LogP contribution in [0.25, 0.3) is 5.57 Å². The maximum atomic E-state index is 11.8. The summed E-state index contributed by atoms with van der Waals surface area (Å²) in [6.45, 7) is 3.83. The van der Waals surface area contributed by atoms with Crippen LogP contribution in [0, 0.1) is 6.92 Å². The predicted octanol–water partition coefficient (Wildman–Crippen LogP) is 1.86. The topological polar surface area (TPSA) is 60.2 Å². The van der Waals surface area contributed by atoms with E-state index >= 15 is 0 Å². The molecule has 0 saturated carbocycles. The molecule has 0 spiro atoms. The van der Waals surface area contributed by atoms with Gasteiger partial charge in [0.1, 0.15) is 0 Å². The van der Waals surface area contributed by atoms with E-state index in [-0.39, 0.29) is 6.04 Å². The van der Waals surface area contributed by atoms with Crippen LogP contribution in [-0.2, 0) is 9.84 Å². The summed E-state index contributed by atoms with van der Waals surface area (Å²) in [4.78, 5) is 0.411. The van der Waals surface area contributed by atoms with E-state index in [1.54, 1.807) is 6.07 Å². The minimum absolute atomic E-state index is 0.0343. The number of nitrogens with two attached hydrogens (primary N) is 1. The molecule has 3 nitrogen and oxygen atoms in total. The molecule has 1 aromatic carbocycles. The van der Waals surface area contributed by atoms with Crippen LogP contribution in [0.3, 0.4) is 0 Å². The van der Waals surface area contributed by atoms with Gasteiger partial charge in [0.25, 0.3) is 0 Å². The number of hydrogen-bond acceptors (Lipinski definition) is 3. The molecule has 0 bridgehead atoms. The molecule has 1 atom stereocenters. The Morgan fingerprint density at radius 1 is 1.38 bits per heavy atom. The van der Waals surface area contributed by atoms with E-state index in [1.165, 1.54) is 5.41 Å². The Bertz CT molecular complexity index is 556. The summed E-state index contributed by atoms with van der Waals surface area (Å²) < 4.78 is 23.7. The highest BCUT2D eigenvalue weighted by molar-refractivity contribution is 7.95. The lowest BCUT2D eigenvalue weighted by Crippen LogP contribution is -2.14. The minimum atomic E-state index is -3.23. The van der Waals surface area contributed by atoms with Gasteiger partial charge in [0.2, 0.25) is 9.84 Å². The zero-order valence-electron chi connectivity index (χ0n) is 9.40. The predicted molar refractivity (Wildman–Crippen MR) is 64.6 cm³/mol. The van der Waals surface area contributed by atoms with Gasteiger partial charge in [0.05, 0.1) is 4.90 Å². The van der Waals surface area contributed by atoms with Crippen LogP contribution in [0.15, 0.2) is 28.5 Å². The van der Waals surface area contributed by atoms with E-state index in [0.717, 1.165) is 16.7 Å². The Morgan fingerprint density at radius 2 is 2.06 bits per heavy atom. The number of aryl methyl sites for hydroxylation is 1. The average molecular weight is 237 g/mol. The molecule has 0 amide bonds. The minimum Gasteiger partial charge on any atom is -0.328 e. The summed E-state index contributed by atoms with van der Waals surface area (Å²) in [5.74, 6) is 0. The summed E-state index contributed by atoms with van der Waals surface area (Å²) in [5, 5.41) is 1.35. The first-order chi connectivity index (χ1) is 7.40. The Hall–Kier alpha value is -1.13. The lowest BCUT2D eigenvalue weighted by Gasteiger charge is -2.07. The van der Waals surface area contributed by atoms with E-state index in [4.69, 9.17) is 5.73 Å². The third kappa shape index (κ3) is 1.90. The fourth-order valence-electron chi connectivity index (χ4n) is 1.96. The number of rotatable bonds is 2. The number of benzene rings is 1. The maximum Gasteiger partial charge on any atom is 0.200 e. The SMILES string of the molecule is Cc1ccc2c(c1)C(CC(C)N)=CS2(=O)=O. The van der Waals surface area contributed by atoms with Crippen LogP contribution in [0.2, 0.25) is 0 Å². The highest BCUT2D eigenvalue weighted by Crippen LogP contribution is 2.36. The molecular formula is C12H15NO2S. The largest absolute Gasteiger partial charge is 0.328 e. The molecule has 86 valence electrons. The number of fused-ring (bicyclic) bond motifs is 1. The van der Waals surface area contributed by atoms with Crippen molar-refractivity contribution in [1.82, 2.24) is 0 Å². The summed E-state index contributed by atoms with van der Waals surface area (Å²) in [6, 6.07) is 5.37. The van der Waals surface area contributed by atoms with Gasteiger partial charge in [-0.15, -0.1) is 0 Å². The Morgan fingerprint density at radius 3 is 2.69 bits per heavy atom. The van der Waals surface area contributed by atoms with Crippen molar-refractivity contribution in [2.75, 3.05) is 0 Å². The van der Waals surface area contributed by atoms with E-state index in [2.05, 4.69) is 0 Å². The van der Waals surface area contributed by atoms with Gasteiger partial charge in [-0.3, -0.25) is 0 Å². The molecule has 0 saturated heterocycles. The summed E-state index contributed by atoms with van der Waals surface area (Å²) in [6.07, 6.45) is 0.593. The van der Waals surface area contributed by atoms with Crippen molar-refractivity contribution in [1.29, 1.82) is 0 Å². The molecule has 1 aliphatic heterocycles. The molecule has 0 fully saturated rings. The van der Waals surface area contributed by atoms with E-state index in [1.807, 2.05) is 26.0 Å². The van der Waals surface area contributed by atoms with Gasteiger partial charge in [0.15, 0.2) is 0 Å². The van der Waals surface area contributed by atoms with Gasteiger partial charge < -0.3 is 5.73 Å². The average Bonchev–Trinajstić information content (AvgIpc) is 2.37. The van der Waals surface area contributed by atoms with Crippen LogP contribution in [0.4, 0.5) is 0 Å². The lowest BCUT2D eigenvalue weighted by molar-refractivity contribution is 0.605. The molecule has 0 aliphatic carbocycles. The van der Waals surface area contributed by atoms with Gasteiger partial charge in [-0.2, -0.15) is 0 Å². The second-order valence-corrected chi connectivity index (χ2v) is 6.13. The molecule has 16 heavy (non-hydrogen) atoms. The van der Waals surface area contributed by atoms with Crippen molar-refractivity contribution in [2.45, 2.75) is 31.2 Å². The molecule has 1 heterocycles. The summed E-state index contributed by atoms with van der Waals surface area (Å²) in [5.41, 5.74) is 8.43. The highest BCUT2D eigenvalue weighted by Gasteiger charge is 2.26. The first-order valence-electron chi connectivity index (χ1n) is 5.22. The maximum absolute atomic E-state index is 11.8. The summed E-state index contributed by atoms with van der Waals surface area (Å²) >= 11 is 0. The van der Waals surface area contributed by atoms with Gasteiger partial charge in [-0.25, -0.2) is 8.42 Å².